The Kier molecular flexibility index (Phi) is 5.55. The summed E-state index contributed by atoms with van der Waals surface area (Å²) in [5, 5.41) is 3.68. The molecule has 7 heteroatoms. The van der Waals surface area contributed by atoms with Gasteiger partial charge in [0.25, 0.3) is 6.02 Å². The van der Waals surface area contributed by atoms with Gasteiger partial charge in [0.1, 0.15) is 6.04 Å². The van der Waals surface area contributed by atoms with Crippen LogP contribution in [0.4, 0.5) is 0 Å². The van der Waals surface area contributed by atoms with E-state index in [-0.39, 0.29) is 6.10 Å². The van der Waals surface area contributed by atoms with Crippen LogP contribution in [0.1, 0.15) is 32.4 Å². The van der Waals surface area contributed by atoms with Crippen LogP contribution in [0.5, 0.6) is 0 Å². The zero-order valence-corrected chi connectivity index (χ0v) is 14.8. The van der Waals surface area contributed by atoms with Crippen molar-refractivity contribution in [1.29, 1.82) is 0 Å². The SMILES string of the molecule is COC1=NC(c2cccc(Cl)c2Cl)C(C(=O)OC(C)C)=C(C)N1. The Hall–Kier alpha value is -1.72. The number of hydrogen-bond acceptors (Lipinski definition) is 5. The molecule has 0 amide bonds. The van der Waals surface area contributed by atoms with Crippen LogP contribution < -0.4 is 5.32 Å². The standard InChI is InChI=1S/C16H18Cl2N2O3/c1-8(2)23-15(21)12-9(3)19-16(22-4)20-14(12)10-6-5-7-11(17)13(10)18/h5-8,14H,1-4H3,(H,19,20). The number of nitrogens with one attached hydrogen (secondary N) is 1. The van der Waals surface area contributed by atoms with E-state index in [1.807, 2.05) is 0 Å². The fourth-order valence-electron chi connectivity index (χ4n) is 2.25. The van der Waals surface area contributed by atoms with Crippen LogP contribution in [0.15, 0.2) is 34.5 Å². The van der Waals surface area contributed by atoms with E-state index in [9.17, 15) is 4.79 Å². The van der Waals surface area contributed by atoms with Crippen LogP contribution in [-0.2, 0) is 14.3 Å². The highest BCUT2D eigenvalue weighted by Gasteiger charge is 2.32. The van der Waals surface area contributed by atoms with Crippen molar-refractivity contribution in [2.75, 3.05) is 7.11 Å². The predicted molar refractivity (Wildman–Crippen MR) is 90.7 cm³/mol. The lowest BCUT2D eigenvalue weighted by Crippen LogP contribution is -2.33. The van der Waals surface area contributed by atoms with Gasteiger partial charge in [0.15, 0.2) is 0 Å². The third-order valence-electron chi connectivity index (χ3n) is 3.25. The molecule has 1 atom stereocenters. The van der Waals surface area contributed by atoms with Crippen molar-refractivity contribution in [2.45, 2.75) is 32.9 Å². The topological polar surface area (TPSA) is 59.9 Å². The van der Waals surface area contributed by atoms with E-state index in [4.69, 9.17) is 32.7 Å². The van der Waals surface area contributed by atoms with E-state index >= 15 is 0 Å². The van der Waals surface area contributed by atoms with Gasteiger partial charge in [-0.2, -0.15) is 0 Å². The lowest BCUT2D eigenvalue weighted by Gasteiger charge is -2.26. The van der Waals surface area contributed by atoms with E-state index in [0.717, 1.165) is 0 Å². The number of amidine groups is 1. The zero-order valence-electron chi connectivity index (χ0n) is 13.3. The number of rotatable bonds is 3. The van der Waals surface area contributed by atoms with E-state index in [1.165, 1.54) is 7.11 Å². The number of aliphatic imine (C=N–C) groups is 1. The molecule has 0 fully saturated rings. The molecular weight excluding hydrogens is 339 g/mol. The second-order valence-corrected chi connectivity index (χ2v) is 6.09. The van der Waals surface area contributed by atoms with E-state index < -0.39 is 12.0 Å². The van der Waals surface area contributed by atoms with E-state index in [0.29, 0.717) is 32.9 Å². The summed E-state index contributed by atoms with van der Waals surface area (Å²) >= 11 is 12.4. The molecule has 5 nitrogen and oxygen atoms in total. The van der Waals surface area contributed by atoms with E-state index in [2.05, 4.69) is 10.3 Å². The molecule has 2 rings (SSSR count). The molecule has 0 saturated carbocycles. The van der Waals surface area contributed by atoms with E-state index in [1.54, 1.807) is 39.0 Å². The average Bonchev–Trinajstić information content (AvgIpc) is 2.48. The number of esters is 1. The first-order chi connectivity index (χ1) is 10.8. The van der Waals surface area contributed by atoms with Gasteiger partial charge in [-0.1, -0.05) is 35.3 Å². The molecule has 23 heavy (non-hydrogen) atoms. The van der Waals surface area contributed by atoms with Crippen molar-refractivity contribution in [3.05, 3.63) is 45.1 Å². The molecule has 0 aromatic heterocycles. The Morgan fingerprint density at radius 1 is 1.35 bits per heavy atom. The third kappa shape index (κ3) is 3.79. The average molecular weight is 357 g/mol. The summed E-state index contributed by atoms with van der Waals surface area (Å²) in [6, 6.07) is 4.86. The van der Waals surface area contributed by atoms with Crippen LogP contribution in [-0.4, -0.2) is 25.2 Å². The number of methoxy groups -OCH3 is 1. The largest absolute Gasteiger partial charge is 0.468 e. The Bertz CT molecular complexity index is 684. The first-order valence-corrected chi connectivity index (χ1v) is 7.85. The van der Waals surface area contributed by atoms with Gasteiger partial charge in [-0.25, -0.2) is 9.79 Å². The summed E-state index contributed by atoms with van der Waals surface area (Å²) in [5.41, 5.74) is 1.59. The van der Waals surface area contributed by atoms with Gasteiger partial charge in [0.05, 0.1) is 28.8 Å². The molecule has 0 bridgehead atoms. The van der Waals surface area contributed by atoms with Gasteiger partial charge < -0.3 is 14.8 Å². The van der Waals surface area contributed by atoms with Gasteiger partial charge in [-0.05, 0) is 26.8 Å². The monoisotopic (exact) mass is 356 g/mol. The number of nitrogens with zero attached hydrogens (tertiary/aromatic N) is 1. The van der Waals surface area contributed by atoms with Crippen LogP contribution in [0.2, 0.25) is 10.0 Å². The number of halogens is 2. The maximum absolute atomic E-state index is 12.5. The van der Waals surface area contributed by atoms with Crippen molar-refractivity contribution >= 4 is 35.2 Å². The lowest BCUT2D eigenvalue weighted by atomic mass is 9.96. The minimum absolute atomic E-state index is 0.244. The Labute approximate surface area is 145 Å². The van der Waals surface area contributed by atoms with Gasteiger partial charge in [0.2, 0.25) is 0 Å². The number of hydrogen-bond donors (Lipinski definition) is 1. The van der Waals surface area contributed by atoms with Crippen molar-refractivity contribution in [1.82, 2.24) is 5.32 Å². The zero-order chi connectivity index (χ0) is 17.1. The van der Waals surface area contributed by atoms with Crippen molar-refractivity contribution in [2.24, 2.45) is 4.99 Å². The molecule has 0 spiro atoms. The third-order valence-corrected chi connectivity index (χ3v) is 4.08. The van der Waals surface area contributed by atoms with Gasteiger partial charge in [-0.3, -0.25) is 0 Å². The van der Waals surface area contributed by atoms with Gasteiger partial charge in [0, 0.05) is 11.3 Å². The fourth-order valence-corrected chi connectivity index (χ4v) is 2.66. The summed E-state index contributed by atoms with van der Waals surface area (Å²) in [6.07, 6.45) is -0.244. The Morgan fingerprint density at radius 3 is 2.65 bits per heavy atom. The smallest absolute Gasteiger partial charge is 0.338 e. The molecule has 1 aromatic rings. The van der Waals surface area contributed by atoms with Gasteiger partial charge >= 0.3 is 5.97 Å². The lowest BCUT2D eigenvalue weighted by molar-refractivity contribution is -0.143. The summed E-state index contributed by atoms with van der Waals surface area (Å²) < 4.78 is 10.5. The molecule has 1 unspecified atom stereocenters. The maximum Gasteiger partial charge on any atom is 0.338 e. The van der Waals surface area contributed by atoms with Crippen LogP contribution >= 0.6 is 23.2 Å². The maximum atomic E-state index is 12.5. The van der Waals surface area contributed by atoms with Crippen molar-refractivity contribution in [3.63, 3.8) is 0 Å². The molecule has 1 aliphatic rings. The molecular formula is C16H18Cl2N2O3. The van der Waals surface area contributed by atoms with Crippen molar-refractivity contribution < 1.29 is 14.3 Å². The molecule has 0 saturated heterocycles. The first-order valence-electron chi connectivity index (χ1n) is 7.09. The fraction of sp³-hybridized carbons (Fsp3) is 0.375. The number of carbonyl (C=O) groups excluding carboxylic acids is 1. The second kappa shape index (κ2) is 7.23. The highest BCUT2D eigenvalue weighted by atomic mass is 35.5. The quantitative estimate of drug-likeness (QED) is 0.835. The minimum Gasteiger partial charge on any atom is -0.468 e. The molecule has 0 radical (unpaired) electrons. The molecule has 1 aromatic carbocycles. The van der Waals surface area contributed by atoms with Gasteiger partial charge in [-0.15, -0.1) is 0 Å². The molecule has 1 N–H and O–H groups in total. The number of ether oxygens (including phenoxy) is 2. The summed E-state index contributed by atoms with van der Waals surface area (Å²) in [7, 11) is 1.49. The predicted octanol–water partition coefficient (Wildman–Crippen LogP) is 3.87. The number of allylic oxidation sites excluding steroid dienone is 1. The molecule has 124 valence electrons. The summed E-state index contributed by atoms with van der Waals surface area (Å²) in [4.78, 5) is 16.9. The Balaban J connectivity index is 2.53. The molecule has 1 aliphatic heterocycles. The normalized spacial score (nSPS) is 17.7. The van der Waals surface area contributed by atoms with Crippen LogP contribution in [0.25, 0.3) is 0 Å². The van der Waals surface area contributed by atoms with Crippen molar-refractivity contribution in [3.8, 4) is 0 Å². The van der Waals surface area contributed by atoms with Crippen LogP contribution in [0, 0.1) is 0 Å². The van der Waals surface area contributed by atoms with Crippen LogP contribution in [0.3, 0.4) is 0 Å². The summed E-state index contributed by atoms with van der Waals surface area (Å²) in [6.45, 7) is 5.33. The highest BCUT2D eigenvalue weighted by Crippen LogP contribution is 2.38. The molecule has 1 heterocycles. The second-order valence-electron chi connectivity index (χ2n) is 5.30. The summed E-state index contributed by atoms with van der Waals surface area (Å²) in [5.74, 6) is -0.454. The number of carbonyl (C=O) groups is 1. The Morgan fingerprint density at radius 2 is 2.04 bits per heavy atom. The highest BCUT2D eigenvalue weighted by molar-refractivity contribution is 6.42. The first kappa shape index (κ1) is 17.6. The number of benzene rings is 1. The minimum atomic E-state index is -0.649. The molecule has 0 aliphatic carbocycles.